The molecule has 1 fully saturated rings. The number of carbonyl (C=O) groups is 1. The van der Waals surface area contributed by atoms with Gasteiger partial charge in [-0.25, -0.2) is 4.79 Å². The van der Waals surface area contributed by atoms with Gasteiger partial charge >= 0.3 is 6.09 Å². The van der Waals surface area contributed by atoms with E-state index in [4.69, 9.17) is 21.1 Å². The molecule has 1 aliphatic heterocycles. The Labute approximate surface area is 129 Å². The number of aliphatic hydroxyl groups is 1. The molecule has 1 aliphatic rings. The highest BCUT2D eigenvalue weighted by atomic mass is 35.5. The second kappa shape index (κ2) is 8.22. The van der Waals surface area contributed by atoms with Gasteiger partial charge in [0, 0.05) is 6.42 Å². The van der Waals surface area contributed by atoms with Crippen molar-refractivity contribution in [3.8, 4) is 0 Å². The monoisotopic (exact) mass is 313 g/mol. The fourth-order valence-electron chi connectivity index (χ4n) is 2.20. The van der Waals surface area contributed by atoms with Crippen LogP contribution in [0.5, 0.6) is 0 Å². The summed E-state index contributed by atoms with van der Waals surface area (Å²) in [6.07, 6.45) is -0.398. The van der Waals surface area contributed by atoms with E-state index in [9.17, 15) is 9.90 Å². The summed E-state index contributed by atoms with van der Waals surface area (Å²) in [4.78, 5) is 11.9. The van der Waals surface area contributed by atoms with Crippen molar-refractivity contribution in [3.05, 3.63) is 35.9 Å². The molecule has 21 heavy (non-hydrogen) atoms. The molecule has 2 rings (SSSR count). The van der Waals surface area contributed by atoms with Gasteiger partial charge in [-0.15, -0.1) is 11.6 Å². The highest BCUT2D eigenvalue weighted by Crippen LogP contribution is 2.11. The standard InChI is InChI=1S/C15H20ClNO4/c16-9-14(18)13(8-11-4-2-1-3-5-11)17-15(19)21-12-6-7-20-10-12/h1-5,12-14,18H,6-10H2,(H,17,19)/t12-,13-,14+/m0/s1. The van der Waals surface area contributed by atoms with Gasteiger partial charge in [0.1, 0.15) is 6.10 Å². The number of nitrogens with one attached hydrogen (secondary N) is 1. The minimum absolute atomic E-state index is 0.0460. The molecule has 0 aromatic heterocycles. The molecule has 0 aliphatic carbocycles. The number of alkyl carbamates (subject to hydrolysis) is 1. The summed E-state index contributed by atoms with van der Waals surface area (Å²) in [6.45, 7) is 1.03. The number of hydrogen-bond acceptors (Lipinski definition) is 4. The van der Waals surface area contributed by atoms with Crippen LogP contribution in [0.3, 0.4) is 0 Å². The maximum atomic E-state index is 11.9. The molecule has 0 unspecified atom stereocenters. The summed E-state index contributed by atoms with van der Waals surface area (Å²) in [5.41, 5.74) is 1.01. The Bertz CT molecular complexity index is 437. The molecular formula is C15H20ClNO4. The minimum atomic E-state index is -0.834. The summed E-state index contributed by atoms with van der Waals surface area (Å²) in [5, 5.41) is 12.7. The Kier molecular flexibility index (Phi) is 6.29. The fraction of sp³-hybridized carbons (Fsp3) is 0.533. The van der Waals surface area contributed by atoms with Gasteiger partial charge < -0.3 is 19.9 Å². The van der Waals surface area contributed by atoms with Crippen molar-refractivity contribution in [1.29, 1.82) is 0 Å². The number of hydrogen-bond donors (Lipinski definition) is 2. The van der Waals surface area contributed by atoms with E-state index in [0.717, 1.165) is 5.56 Å². The van der Waals surface area contributed by atoms with Crippen molar-refractivity contribution >= 4 is 17.7 Å². The molecular weight excluding hydrogens is 294 g/mol. The molecule has 1 amide bonds. The zero-order valence-electron chi connectivity index (χ0n) is 11.7. The Balaban J connectivity index is 1.90. The van der Waals surface area contributed by atoms with Gasteiger partial charge in [-0.1, -0.05) is 30.3 Å². The van der Waals surface area contributed by atoms with Gasteiger partial charge in [-0.05, 0) is 12.0 Å². The number of benzene rings is 1. The van der Waals surface area contributed by atoms with Crippen LogP contribution in [-0.4, -0.2) is 48.5 Å². The van der Waals surface area contributed by atoms with E-state index in [0.29, 0.717) is 26.1 Å². The molecule has 1 saturated heterocycles. The molecule has 1 aromatic carbocycles. The average molecular weight is 314 g/mol. The van der Waals surface area contributed by atoms with Crippen LogP contribution in [0.1, 0.15) is 12.0 Å². The first-order valence-corrected chi connectivity index (χ1v) is 7.55. The van der Waals surface area contributed by atoms with Gasteiger partial charge in [-0.2, -0.15) is 0 Å². The van der Waals surface area contributed by atoms with Crippen LogP contribution >= 0.6 is 11.6 Å². The van der Waals surface area contributed by atoms with Crippen LogP contribution in [0.25, 0.3) is 0 Å². The van der Waals surface area contributed by atoms with Crippen molar-refractivity contribution in [2.24, 2.45) is 0 Å². The van der Waals surface area contributed by atoms with Gasteiger partial charge in [0.05, 0.1) is 31.2 Å². The third kappa shape index (κ3) is 5.19. The highest BCUT2D eigenvalue weighted by molar-refractivity contribution is 6.18. The third-order valence-corrected chi connectivity index (χ3v) is 3.70. The summed E-state index contributed by atoms with van der Waals surface area (Å²) in [5.74, 6) is 0.0460. The SMILES string of the molecule is O=C(N[C@@H](Cc1ccccc1)[C@H](O)CCl)O[C@H]1CCOC1. The lowest BCUT2D eigenvalue weighted by Crippen LogP contribution is -2.46. The van der Waals surface area contributed by atoms with Crippen LogP contribution in [0.15, 0.2) is 30.3 Å². The van der Waals surface area contributed by atoms with Crippen LogP contribution in [-0.2, 0) is 15.9 Å². The molecule has 0 bridgehead atoms. The Morgan fingerprint density at radius 2 is 2.24 bits per heavy atom. The summed E-state index contributed by atoms with van der Waals surface area (Å²) < 4.78 is 10.4. The van der Waals surface area contributed by atoms with Crippen LogP contribution < -0.4 is 5.32 Å². The molecule has 6 heteroatoms. The summed E-state index contributed by atoms with van der Waals surface area (Å²) in [6, 6.07) is 9.12. The van der Waals surface area contributed by atoms with Gasteiger partial charge in [-0.3, -0.25) is 0 Å². The van der Waals surface area contributed by atoms with Crippen molar-refractivity contribution in [2.45, 2.75) is 31.1 Å². The van der Waals surface area contributed by atoms with Crippen molar-refractivity contribution in [2.75, 3.05) is 19.1 Å². The Morgan fingerprint density at radius 1 is 1.48 bits per heavy atom. The number of amides is 1. The number of ether oxygens (including phenoxy) is 2. The molecule has 5 nitrogen and oxygen atoms in total. The summed E-state index contributed by atoms with van der Waals surface area (Å²) in [7, 11) is 0. The molecule has 3 atom stereocenters. The molecule has 1 heterocycles. The Morgan fingerprint density at radius 3 is 2.86 bits per heavy atom. The number of halogens is 1. The van der Waals surface area contributed by atoms with E-state index in [-0.39, 0.29) is 12.0 Å². The van der Waals surface area contributed by atoms with E-state index < -0.39 is 18.2 Å². The molecule has 116 valence electrons. The smallest absolute Gasteiger partial charge is 0.407 e. The van der Waals surface area contributed by atoms with E-state index in [2.05, 4.69) is 5.32 Å². The van der Waals surface area contributed by atoms with Crippen LogP contribution in [0.2, 0.25) is 0 Å². The minimum Gasteiger partial charge on any atom is -0.444 e. The van der Waals surface area contributed by atoms with E-state index in [1.807, 2.05) is 30.3 Å². The van der Waals surface area contributed by atoms with E-state index in [1.165, 1.54) is 0 Å². The first kappa shape index (κ1) is 16.1. The van der Waals surface area contributed by atoms with Gasteiger partial charge in [0.25, 0.3) is 0 Å². The number of aliphatic hydroxyl groups excluding tert-OH is 1. The maximum Gasteiger partial charge on any atom is 0.407 e. The number of carbonyl (C=O) groups excluding carboxylic acids is 1. The first-order valence-electron chi connectivity index (χ1n) is 7.02. The summed E-state index contributed by atoms with van der Waals surface area (Å²) >= 11 is 5.70. The normalized spacial score (nSPS) is 20.8. The highest BCUT2D eigenvalue weighted by Gasteiger charge is 2.25. The fourth-order valence-corrected chi connectivity index (χ4v) is 2.42. The lowest BCUT2D eigenvalue weighted by molar-refractivity contribution is 0.0721. The quantitative estimate of drug-likeness (QED) is 0.785. The topological polar surface area (TPSA) is 67.8 Å². The lowest BCUT2D eigenvalue weighted by atomic mass is 10.0. The van der Waals surface area contributed by atoms with Crippen molar-refractivity contribution < 1.29 is 19.4 Å². The predicted molar refractivity (Wildman–Crippen MR) is 79.5 cm³/mol. The molecule has 0 radical (unpaired) electrons. The van der Waals surface area contributed by atoms with Crippen molar-refractivity contribution in [1.82, 2.24) is 5.32 Å². The van der Waals surface area contributed by atoms with Crippen LogP contribution in [0.4, 0.5) is 4.79 Å². The maximum absolute atomic E-state index is 11.9. The van der Waals surface area contributed by atoms with Gasteiger partial charge in [0.15, 0.2) is 0 Å². The molecule has 1 aromatic rings. The molecule has 0 spiro atoms. The van der Waals surface area contributed by atoms with E-state index in [1.54, 1.807) is 0 Å². The number of alkyl halides is 1. The van der Waals surface area contributed by atoms with E-state index >= 15 is 0 Å². The molecule has 0 saturated carbocycles. The largest absolute Gasteiger partial charge is 0.444 e. The Hall–Kier alpha value is -1.30. The first-order chi connectivity index (χ1) is 10.2. The predicted octanol–water partition coefficient (Wildman–Crippen LogP) is 1.71. The second-order valence-electron chi connectivity index (χ2n) is 5.05. The zero-order chi connectivity index (χ0) is 15.1. The zero-order valence-corrected chi connectivity index (χ0v) is 12.5. The third-order valence-electron chi connectivity index (χ3n) is 3.39. The number of rotatable bonds is 6. The van der Waals surface area contributed by atoms with Crippen LogP contribution in [0, 0.1) is 0 Å². The van der Waals surface area contributed by atoms with Gasteiger partial charge in [0.2, 0.25) is 0 Å². The molecule has 2 N–H and O–H groups in total. The lowest BCUT2D eigenvalue weighted by Gasteiger charge is -2.23. The average Bonchev–Trinajstić information content (AvgIpc) is 2.99. The van der Waals surface area contributed by atoms with Crippen molar-refractivity contribution in [3.63, 3.8) is 0 Å². The second-order valence-corrected chi connectivity index (χ2v) is 5.36.